The third-order valence-corrected chi connectivity index (χ3v) is 7.39. The number of hydrogen-bond donors (Lipinski definition) is 0. The minimum Gasteiger partial charge on any atom is -0.280 e. The molecule has 0 N–H and O–H groups in total. The molecule has 0 radical (unpaired) electrons. The molecule has 292 valence electrons. The summed E-state index contributed by atoms with van der Waals surface area (Å²) < 4.78 is 317. The van der Waals surface area contributed by atoms with Crippen LogP contribution in [-0.4, -0.2) is 71.3 Å². The van der Waals surface area contributed by atoms with E-state index in [1.165, 1.54) is 24.3 Å². The number of para-hydroxylation sites is 2. The Bertz CT molecular complexity index is 1660. The number of rotatable bonds is 11. The second-order valence-electron chi connectivity index (χ2n) is 10.7. The number of halogens is 23. The summed E-state index contributed by atoms with van der Waals surface area (Å²) in [6.07, 6.45) is -9.25. The van der Waals surface area contributed by atoms with Crippen LogP contribution in [0.15, 0.2) is 48.5 Å². The first-order valence-corrected chi connectivity index (χ1v) is 13.0. The molecule has 0 unspecified atom stereocenters. The van der Waals surface area contributed by atoms with Crippen molar-refractivity contribution in [2.24, 2.45) is 0 Å². The SMILES string of the molecule is O=C(CC(F)(F)C(F)(F)C(F)(F)C(F)(F)C(F)(F)C(F)(F)C(F)(F)C(F)(F)C(F)(F)C(F)(F)C(F)(F)F)N1c2ccccc2C=Cc2ccccc21. The molecule has 25 heteroatoms. The van der Waals surface area contributed by atoms with Crippen LogP contribution in [0.5, 0.6) is 0 Å². The number of carbonyl (C=O) groups excluding carboxylic acids is 1. The Labute approximate surface area is 272 Å². The second kappa shape index (κ2) is 12.0. The van der Waals surface area contributed by atoms with Gasteiger partial charge in [-0.05, 0) is 23.3 Å². The van der Waals surface area contributed by atoms with Gasteiger partial charge in [-0.3, -0.25) is 9.69 Å². The predicted molar refractivity (Wildman–Crippen MR) is 129 cm³/mol. The van der Waals surface area contributed by atoms with Gasteiger partial charge in [0.2, 0.25) is 5.91 Å². The lowest BCUT2D eigenvalue weighted by Gasteiger charge is -2.45. The van der Waals surface area contributed by atoms with E-state index in [1.807, 2.05) is 0 Å². The summed E-state index contributed by atoms with van der Waals surface area (Å²) in [7, 11) is 0. The molecule has 52 heavy (non-hydrogen) atoms. The van der Waals surface area contributed by atoms with E-state index < -0.39 is 89.1 Å². The van der Waals surface area contributed by atoms with E-state index in [0.29, 0.717) is 0 Å². The molecule has 0 aliphatic carbocycles. The lowest BCUT2D eigenvalue weighted by molar-refractivity contribution is -0.478. The van der Waals surface area contributed by atoms with Crippen molar-refractivity contribution in [3.63, 3.8) is 0 Å². The molecule has 2 nitrogen and oxygen atoms in total. The summed E-state index contributed by atoms with van der Waals surface area (Å²) in [4.78, 5) is 13.0. The quantitative estimate of drug-likeness (QED) is 0.207. The van der Waals surface area contributed by atoms with Gasteiger partial charge in [0.25, 0.3) is 0 Å². The summed E-state index contributed by atoms with van der Waals surface area (Å²) in [6, 6.07) is 8.73. The Morgan fingerprint density at radius 2 is 0.673 bits per heavy atom. The predicted octanol–water partition coefficient (Wildman–Crippen LogP) is 11.1. The molecule has 0 spiro atoms. The van der Waals surface area contributed by atoms with Crippen molar-refractivity contribution in [2.45, 2.75) is 71.8 Å². The number of alkyl halides is 23. The topological polar surface area (TPSA) is 20.3 Å². The van der Waals surface area contributed by atoms with Gasteiger partial charge in [0.15, 0.2) is 0 Å². The van der Waals surface area contributed by atoms with Gasteiger partial charge < -0.3 is 0 Å². The molecule has 1 aliphatic rings. The molecule has 1 aliphatic heterocycles. The highest BCUT2D eigenvalue weighted by Crippen LogP contribution is 2.67. The van der Waals surface area contributed by atoms with Crippen molar-refractivity contribution in [2.75, 3.05) is 4.90 Å². The van der Waals surface area contributed by atoms with Crippen LogP contribution in [0.4, 0.5) is 112 Å². The maximum absolute atomic E-state index is 14.8. The van der Waals surface area contributed by atoms with E-state index >= 15 is 0 Å². The summed E-state index contributed by atoms with van der Waals surface area (Å²) in [5, 5.41) is 0. The zero-order chi connectivity index (χ0) is 40.7. The number of carbonyl (C=O) groups is 1. The molecule has 0 saturated heterocycles. The standard InChI is InChI=1S/C27H12F23NO/c28-17(29,11-16(52)51-14-7-3-1-5-12(14)9-10-13-6-2-4-8-15(13)51)18(30,31)19(32,33)20(34,35)21(36,37)22(38,39)23(40,41)24(42,43)25(44,45)26(46,47)27(48,49)50/h1-10H,11H2. The van der Waals surface area contributed by atoms with Crippen molar-refractivity contribution >= 4 is 29.4 Å². The van der Waals surface area contributed by atoms with Gasteiger partial charge >= 0.3 is 65.4 Å². The first-order valence-electron chi connectivity index (χ1n) is 13.0. The smallest absolute Gasteiger partial charge is 0.280 e. The summed E-state index contributed by atoms with van der Waals surface area (Å²) in [5.41, 5.74) is -1.27. The summed E-state index contributed by atoms with van der Waals surface area (Å²) in [6.45, 7) is 0. The van der Waals surface area contributed by atoms with E-state index in [4.69, 9.17) is 0 Å². The zero-order valence-electron chi connectivity index (χ0n) is 24.0. The number of anilines is 2. The van der Waals surface area contributed by atoms with Crippen LogP contribution >= 0.6 is 0 Å². The molecule has 0 saturated carbocycles. The van der Waals surface area contributed by atoms with Crippen molar-refractivity contribution in [3.8, 4) is 0 Å². The van der Waals surface area contributed by atoms with Crippen LogP contribution in [0.25, 0.3) is 12.2 Å². The normalized spacial score (nSPS) is 16.0. The van der Waals surface area contributed by atoms with Gasteiger partial charge in [-0.15, -0.1) is 0 Å². The third-order valence-electron chi connectivity index (χ3n) is 7.39. The minimum absolute atomic E-state index is 0.0766. The second-order valence-corrected chi connectivity index (χ2v) is 10.7. The molecule has 0 atom stereocenters. The number of nitrogens with zero attached hydrogens (tertiary/aromatic N) is 1. The fraction of sp³-hybridized carbons (Fsp3) is 0.444. The highest BCUT2D eigenvalue weighted by molar-refractivity contribution is 6.06. The van der Waals surface area contributed by atoms with Gasteiger partial charge in [-0.2, -0.15) is 101 Å². The molecule has 1 amide bonds. The number of fused-ring (bicyclic) bond motifs is 2. The molecular formula is C27H12F23NO. The van der Waals surface area contributed by atoms with Gasteiger partial charge in [0, 0.05) is 0 Å². The maximum Gasteiger partial charge on any atom is 0.460 e. The molecule has 2 aromatic rings. The minimum atomic E-state index is -9.49. The lowest BCUT2D eigenvalue weighted by Crippen LogP contribution is -2.77. The maximum atomic E-state index is 14.8. The number of benzene rings is 2. The van der Waals surface area contributed by atoms with E-state index in [9.17, 15) is 106 Å². The van der Waals surface area contributed by atoms with Gasteiger partial charge in [-0.1, -0.05) is 48.6 Å². The van der Waals surface area contributed by atoms with E-state index in [1.54, 1.807) is 0 Å². The summed E-state index contributed by atoms with van der Waals surface area (Å²) >= 11 is 0. The molecule has 0 fully saturated rings. The third kappa shape index (κ3) is 5.52. The molecule has 1 heterocycles. The molecule has 0 bridgehead atoms. The molecular weight excluding hydrogens is 791 g/mol. The van der Waals surface area contributed by atoms with Crippen molar-refractivity contribution in [3.05, 3.63) is 59.7 Å². The molecule has 2 aromatic carbocycles. The molecule has 3 rings (SSSR count). The zero-order valence-corrected chi connectivity index (χ0v) is 24.0. The van der Waals surface area contributed by atoms with Crippen LogP contribution in [0.3, 0.4) is 0 Å². The fourth-order valence-corrected chi connectivity index (χ4v) is 4.41. The monoisotopic (exact) mass is 803 g/mol. The molecule has 0 aromatic heterocycles. The Hall–Kier alpha value is -3.96. The van der Waals surface area contributed by atoms with Gasteiger partial charge in [0.05, 0.1) is 17.8 Å². The highest BCUT2D eigenvalue weighted by Gasteiger charge is 2.98. The van der Waals surface area contributed by atoms with Crippen molar-refractivity contribution in [1.82, 2.24) is 0 Å². The van der Waals surface area contributed by atoms with Crippen LogP contribution < -0.4 is 4.90 Å². The van der Waals surface area contributed by atoms with Gasteiger partial charge in [-0.25, -0.2) is 0 Å². The van der Waals surface area contributed by atoms with Crippen LogP contribution in [-0.2, 0) is 4.79 Å². The average molecular weight is 803 g/mol. The fourth-order valence-electron chi connectivity index (χ4n) is 4.41. The van der Waals surface area contributed by atoms with Gasteiger partial charge in [0.1, 0.15) is 0 Å². The lowest BCUT2D eigenvalue weighted by atomic mass is 9.85. The average Bonchev–Trinajstić information content (AvgIpc) is 3.16. The Kier molecular flexibility index (Phi) is 9.82. The Morgan fingerprint density at radius 3 is 0.981 bits per heavy atom. The highest BCUT2D eigenvalue weighted by atomic mass is 19.4. The van der Waals surface area contributed by atoms with E-state index in [0.717, 1.165) is 36.4 Å². The van der Waals surface area contributed by atoms with Crippen LogP contribution in [0.2, 0.25) is 0 Å². The van der Waals surface area contributed by atoms with Crippen LogP contribution in [0.1, 0.15) is 17.5 Å². The Balaban J connectivity index is 2.11. The largest absolute Gasteiger partial charge is 0.460 e. The van der Waals surface area contributed by atoms with Crippen molar-refractivity contribution in [1.29, 1.82) is 0 Å². The van der Waals surface area contributed by atoms with Crippen molar-refractivity contribution < 1.29 is 106 Å². The number of amides is 1. The first kappa shape index (κ1) is 42.5. The van der Waals surface area contributed by atoms with E-state index in [-0.39, 0.29) is 16.0 Å². The first-order chi connectivity index (χ1) is 23.0. The van der Waals surface area contributed by atoms with E-state index in [2.05, 4.69) is 0 Å². The Morgan fingerprint density at radius 1 is 0.404 bits per heavy atom. The number of hydrogen-bond acceptors (Lipinski definition) is 1. The van der Waals surface area contributed by atoms with Crippen LogP contribution in [0, 0.1) is 0 Å². The summed E-state index contributed by atoms with van der Waals surface area (Å²) in [5.74, 6) is -91.4.